The molecule has 0 aliphatic heterocycles. The Hall–Kier alpha value is -1.95. The maximum absolute atomic E-state index is 13.2. The molecule has 0 unspecified atom stereocenters. The van der Waals surface area contributed by atoms with E-state index in [1.807, 2.05) is 0 Å². The van der Waals surface area contributed by atoms with Crippen molar-refractivity contribution in [3.05, 3.63) is 47.7 Å². The number of nitrogens with one attached hydrogen (secondary N) is 2. The second-order valence-corrected chi connectivity index (χ2v) is 3.02. The third-order valence-corrected chi connectivity index (χ3v) is 1.94. The number of carbonyl (C=O) groups is 1. The molecule has 7 heteroatoms. The van der Waals surface area contributed by atoms with Crippen LogP contribution in [-0.2, 0) is 0 Å². The van der Waals surface area contributed by atoms with Crippen molar-refractivity contribution >= 4 is 24.1 Å². The average molecular weight is 260 g/mol. The van der Waals surface area contributed by atoms with Crippen LogP contribution < -0.4 is 5.32 Å². The summed E-state index contributed by atoms with van der Waals surface area (Å²) >= 11 is 0. The van der Waals surface area contributed by atoms with Crippen LogP contribution in [-0.4, -0.2) is 16.1 Å². The van der Waals surface area contributed by atoms with Gasteiger partial charge in [-0.3, -0.25) is 9.89 Å². The standard InChI is InChI=1S/C10H7F2N3O.ClH/c11-6-2-1-3-7(12)9(6)10(16)14-8-4-5-13-15-8;/h1-5H,(H2,13,14,15,16);1H. The fourth-order valence-electron chi connectivity index (χ4n) is 1.23. The van der Waals surface area contributed by atoms with Gasteiger partial charge in [0.2, 0.25) is 0 Å². The molecule has 0 saturated carbocycles. The number of benzene rings is 1. The van der Waals surface area contributed by atoms with E-state index in [0.29, 0.717) is 0 Å². The van der Waals surface area contributed by atoms with Crippen molar-refractivity contribution in [3.8, 4) is 0 Å². The number of carbonyl (C=O) groups excluding carboxylic acids is 1. The van der Waals surface area contributed by atoms with Gasteiger partial charge in [-0.2, -0.15) is 5.10 Å². The van der Waals surface area contributed by atoms with E-state index < -0.39 is 23.1 Å². The Morgan fingerprint density at radius 3 is 2.41 bits per heavy atom. The van der Waals surface area contributed by atoms with Crippen LogP contribution in [0.15, 0.2) is 30.5 Å². The summed E-state index contributed by atoms with van der Waals surface area (Å²) in [7, 11) is 0. The molecule has 1 amide bonds. The van der Waals surface area contributed by atoms with Crippen LogP contribution in [0, 0.1) is 11.6 Å². The highest BCUT2D eigenvalue weighted by molar-refractivity contribution is 6.04. The fourth-order valence-corrected chi connectivity index (χ4v) is 1.23. The van der Waals surface area contributed by atoms with Crippen LogP contribution >= 0.6 is 12.4 Å². The summed E-state index contributed by atoms with van der Waals surface area (Å²) in [5.74, 6) is -2.40. The summed E-state index contributed by atoms with van der Waals surface area (Å²) < 4.78 is 26.4. The van der Waals surface area contributed by atoms with Gasteiger partial charge in [-0.15, -0.1) is 12.4 Å². The van der Waals surface area contributed by atoms with E-state index in [1.165, 1.54) is 18.3 Å². The molecule has 0 spiro atoms. The van der Waals surface area contributed by atoms with E-state index in [9.17, 15) is 13.6 Å². The van der Waals surface area contributed by atoms with E-state index in [2.05, 4.69) is 15.5 Å². The Kier molecular flexibility index (Phi) is 4.17. The molecule has 2 rings (SSSR count). The average Bonchev–Trinajstić information content (AvgIpc) is 2.70. The second kappa shape index (κ2) is 5.40. The van der Waals surface area contributed by atoms with E-state index >= 15 is 0 Å². The fraction of sp³-hybridized carbons (Fsp3) is 0. The largest absolute Gasteiger partial charge is 0.307 e. The van der Waals surface area contributed by atoms with E-state index in [4.69, 9.17) is 0 Å². The number of hydrogen-bond donors (Lipinski definition) is 2. The van der Waals surface area contributed by atoms with Crippen LogP contribution in [0.1, 0.15) is 10.4 Å². The van der Waals surface area contributed by atoms with Gasteiger partial charge in [0.05, 0.1) is 6.20 Å². The molecule has 90 valence electrons. The summed E-state index contributed by atoms with van der Waals surface area (Å²) in [5.41, 5.74) is -0.614. The number of nitrogens with zero attached hydrogens (tertiary/aromatic N) is 1. The molecule has 2 aromatic rings. The molecule has 0 fully saturated rings. The summed E-state index contributed by atoms with van der Waals surface area (Å²) in [5, 5.41) is 8.32. The molecule has 0 atom stereocenters. The topological polar surface area (TPSA) is 57.8 Å². The van der Waals surface area contributed by atoms with E-state index in [0.717, 1.165) is 12.1 Å². The Morgan fingerprint density at radius 1 is 1.24 bits per heavy atom. The number of halogens is 3. The molecule has 0 aliphatic carbocycles. The van der Waals surface area contributed by atoms with Gasteiger partial charge in [-0.1, -0.05) is 6.07 Å². The third-order valence-electron chi connectivity index (χ3n) is 1.94. The van der Waals surface area contributed by atoms with Gasteiger partial charge in [-0.25, -0.2) is 8.78 Å². The van der Waals surface area contributed by atoms with Crippen molar-refractivity contribution in [1.29, 1.82) is 0 Å². The first-order valence-electron chi connectivity index (χ1n) is 4.43. The van der Waals surface area contributed by atoms with Crippen molar-refractivity contribution < 1.29 is 13.6 Å². The van der Waals surface area contributed by atoms with Gasteiger partial charge in [0.25, 0.3) is 5.91 Å². The van der Waals surface area contributed by atoms with E-state index in [-0.39, 0.29) is 18.2 Å². The predicted octanol–water partition coefficient (Wildman–Crippen LogP) is 2.36. The number of rotatable bonds is 2. The van der Waals surface area contributed by atoms with Crippen LogP contribution in [0.2, 0.25) is 0 Å². The van der Waals surface area contributed by atoms with Gasteiger partial charge in [-0.05, 0) is 12.1 Å². The lowest BCUT2D eigenvalue weighted by Gasteiger charge is -2.04. The van der Waals surface area contributed by atoms with Crippen molar-refractivity contribution in [2.75, 3.05) is 5.32 Å². The maximum Gasteiger partial charge on any atom is 0.262 e. The highest BCUT2D eigenvalue weighted by Crippen LogP contribution is 2.13. The monoisotopic (exact) mass is 259 g/mol. The van der Waals surface area contributed by atoms with Gasteiger partial charge >= 0.3 is 0 Å². The number of amides is 1. The first-order chi connectivity index (χ1) is 7.68. The molecule has 0 bridgehead atoms. The number of H-pyrrole nitrogens is 1. The number of hydrogen-bond acceptors (Lipinski definition) is 2. The smallest absolute Gasteiger partial charge is 0.262 e. The number of anilines is 1. The van der Waals surface area contributed by atoms with Crippen molar-refractivity contribution in [1.82, 2.24) is 10.2 Å². The van der Waals surface area contributed by atoms with Crippen LogP contribution in [0.5, 0.6) is 0 Å². The summed E-state index contributed by atoms with van der Waals surface area (Å²) in [6, 6.07) is 4.70. The maximum atomic E-state index is 13.2. The Bertz CT molecular complexity index is 496. The Labute approximate surface area is 101 Å². The van der Waals surface area contributed by atoms with Gasteiger partial charge in [0, 0.05) is 6.07 Å². The minimum atomic E-state index is -0.906. The van der Waals surface area contributed by atoms with Crippen molar-refractivity contribution in [2.24, 2.45) is 0 Å². The van der Waals surface area contributed by atoms with Crippen LogP contribution in [0.25, 0.3) is 0 Å². The third kappa shape index (κ3) is 2.79. The van der Waals surface area contributed by atoms with Crippen molar-refractivity contribution in [2.45, 2.75) is 0 Å². The first kappa shape index (κ1) is 13.1. The Balaban J connectivity index is 0.00000144. The van der Waals surface area contributed by atoms with E-state index in [1.54, 1.807) is 0 Å². The summed E-state index contributed by atoms with van der Waals surface area (Å²) in [4.78, 5) is 11.5. The summed E-state index contributed by atoms with van der Waals surface area (Å²) in [6.07, 6.45) is 1.41. The van der Waals surface area contributed by atoms with Gasteiger partial charge in [0.15, 0.2) is 0 Å². The molecular weight excluding hydrogens is 252 g/mol. The molecule has 0 aliphatic rings. The zero-order valence-electron chi connectivity index (χ0n) is 8.41. The molecule has 2 N–H and O–H groups in total. The molecular formula is C10H8ClF2N3O. The molecule has 1 aromatic carbocycles. The zero-order chi connectivity index (χ0) is 11.5. The van der Waals surface area contributed by atoms with Crippen LogP contribution in [0.4, 0.5) is 14.6 Å². The molecule has 4 nitrogen and oxygen atoms in total. The van der Waals surface area contributed by atoms with Crippen molar-refractivity contribution in [3.63, 3.8) is 0 Å². The lowest BCUT2D eigenvalue weighted by atomic mass is 10.2. The minimum Gasteiger partial charge on any atom is -0.307 e. The highest BCUT2D eigenvalue weighted by Gasteiger charge is 2.17. The first-order valence-corrected chi connectivity index (χ1v) is 4.43. The lowest BCUT2D eigenvalue weighted by Crippen LogP contribution is -2.16. The summed E-state index contributed by atoms with van der Waals surface area (Å²) in [6.45, 7) is 0. The number of aromatic amines is 1. The zero-order valence-corrected chi connectivity index (χ0v) is 9.22. The molecule has 1 heterocycles. The predicted molar refractivity (Wildman–Crippen MR) is 60.1 cm³/mol. The Morgan fingerprint density at radius 2 is 1.88 bits per heavy atom. The van der Waals surface area contributed by atoms with Gasteiger partial charge in [0.1, 0.15) is 23.0 Å². The quantitative estimate of drug-likeness (QED) is 0.870. The van der Waals surface area contributed by atoms with Gasteiger partial charge < -0.3 is 5.32 Å². The van der Waals surface area contributed by atoms with Crippen LogP contribution in [0.3, 0.4) is 0 Å². The normalized spacial score (nSPS) is 9.53. The minimum absolute atomic E-state index is 0. The molecule has 0 saturated heterocycles. The molecule has 1 aromatic heterocycles. The second-order valence-electron chi connectivity index (χ2n) is 3.02. The lowest BCUT2D eigenvalue weighted by molar-refractivity contribution is 0.101. The number of aromatic nitrogens is 2. The molecule has 0 radical (unpaired) electrons. The highest BCUT2D eigenvalue weighted by atomic mass is 35.5. The molecule has 17 heavy (non-hydrogen) atoms. The SMILES string of the molecule is Cl.O=C(Nc1ccn[nH]1)c1c(F)cccc1F.